The zero-order valence-electron chi connectivity index (χ0n) is 9.88. The Morgan fingerprint density at radius 1 is 0.944 bits per heavy atom. The molecule has 2 N–H and O–H groups in total. The first-order chi connectivity index (χ1) is 8.83. The van der Waals surface area contributed by atoms with Gasteiger partial charge < -0.3 is 5.73 Å². The molecule has 0 aliphatic carbocycles. The number of nitrogens with zero attached hydrogens (tertiary/aromatic N) is 2. The summed E-state index contributed by atoms with van der Waals surface area (Å²) in [5.41, 5.74) is 9.03. The molecule has 3 aromatic rings. The molecule has 18 heavy (non-hydrogen) atoms. The maximum atomic E-state index is 5.59. The van der Waals surface area contributed by atoms with Gasteiger partial charge in [0.2, 0.25) is 0 Å². The third-order valence-electron chi connectivity index (χ3n) is 2.98. The average Bonchev–Trinajstić information content (AvgIpc) is 2.42. The summed E-state index contributed by atoms with van der Waals surface area (Å²) in [4.78, 5) is 8.48. The molecule has 2 aromatic heterocycles. The SMILES string of the molecule is Nc1ccc(Cc2ccnc3ccccc23)cn1. The number of pyridine rings is 2. The fraction of sp³-hybridized carbons (Fsp3) is 0.0667. The van der Waals surface area contributed by atoms with E-state index in [1.165, 1.54) is 10.9 Å². The molecular formula is C15H13N3. The molecule has 3 rings (SSSR count). The van der Waals surface area contributed by atoms with E-state index in [2.05, 4.69) is 22.1 Å². The number of rotatable bonds is 2. The standard InChI is InChI=1S/C15H13N3/c16-15-6-5-11(10-18-15)9-12-7-8-17-14-4-2-1-3-13(12)14/h1-8,10H,9H2,(H2,16,18). The molecule has 1 aromatic carbocycles. The van der Waals surface area contributed by atoms with Crippen molar-refractivity contribution in [2.24, 2.45) is 0 Å². The van der Waals surface area contributed by atoms with E-state index >= 15 is 0 Å². The van der Waals surface area contributed by atoms with Gasteiger partial charge in [0.25, 0.3) is 0 Å². The quantitative estimate of drug-likeness (QED) is 0.743. The Labute approximate surface area is 105 Å². The average molecular weight is 235 g/mol. The van der Waals surface area contributed by atoms with Gasteiger partial charge in [-0.25, -0.2) is 4.98 Å². The summed E-state index contributed by atoms with van der Waals surface area (Å²) >= 11 is 0. The van der Waals surface area contributed by atoms with E-state index in [9.17, 15) is 0 Å². The van der Waals surface area contributed by atoms with Crippen LogP contribution in [0.2, 0.25) is 0 Å². The third-order valence-corrected chi connectivity index (χ3v) is 2.98. The molecule has 2 heterocycles. The minimum absolute atomic E-state index is 0.554. The van der Waals surface area contributed by atoms with Gasteiger partial charge in [-0.15, -0.1) is 0 Å². The second-order valence-electron chi connectivity index (χ2n) is 4.26. The Kier molecular flexibility index (Phi) is 2.65. The number of nitrogens with two attached hydrogens (primary N) is 1. The molecule has 0 spiro atoms. The van der Waals surface area contributed by atoms with Gasteiger partial charge in [0.1, 0.15) is 5.82 Å². The molecule has 0 saturated carbocycles. The molecule has 0 radical (unpaired) electrons. The third kappa shape index (κ3) is 2.02. The van der Waals surface area contributed by atoms with Crippen LogP contribution in [0.15, 0.2) is 54.9 Å². The van der Waals surface area contributed by atoms with Gasteiger partial charge in [-0.05, 0) is 35.7 Å². The van der Waals surface area contributed by atoms with Crippen molar-refractivity contribution in [2.75, 3.05) is 5.73 Å². The lowest BCUT2D eigenvalue weighted by atomic mass is 10.0. The van der Waals surface area contributed by atoms with Crippen molar-refractivity contribution in [2.45, 2.75) is 6.42 Å². The van der Waals surface area contributed by atoms with Crippen molar-refractivity contribution in [3.05, 3.63) is 66.0 Å². The first-order valence-electron chi connectivity index (χ1n) is 5.86. The summed E-state index contributed by atoms with van der Waals surface area (Å²) in [5, 5.41) is 1.19. The zero-order chi connectivity index (χ0) is 12.4. The largest absolute Gasteiger partial charge is 0.384 e. The monoisotopic (exact) mass is 235 g/mol. The molecule has 0 fully saturated rings. The number of anilines is 1. The van der Waals surface area contributed by atoms with Crippen LogP contribution in [-0.4, -0.2) is 9.97 Å². The number of hydrogen-bond acceptors (Lipinski definition) is 3. The highest BCUT2D eigenvalue weighted by Gasteiger charge is 2.02. The smallest absolute Gasteiger partial charge is 0.123 e. The topological polar surface area (TPSA) is 51.8 Å². The molecule has 0 amide bonds. The first-order valence-corrected chi connectivity index (χ1v) is 5.86. The van der Waals surface area contributed by atoms with Gasteiger partial charge >= 0.3 is 0 Å². The van der Waals surface area contributed by atoms with E-state index in [0.717, 1.165) is 17.5 Å². The van der Waals surface area contributed by atoms with Crippen molar-refractivity contribution in [1.82, 2.24) is 9.97 Å². The van der Waals surface area contributed by atoms with Crippen LogP contribution in [0.5, 0.6) is 0 Å². The Morgan fingerprint density at radius 2 is 1.83 bits per heavy atom. The van der Waals surface area contributed by atoms with Crippen LogP contribution >= 0.6 is 0 Å². The molecule has 0 aliphatic heterocycles. The lowest BCUT2D eigenvalue weighted by Gasteiger charge is -2.06. The number of hydrogen-bond donors (Lipinski definition) is 1. The van der Waals surface area contributed by atoms with Crippen LogP contribution in [0.25, 0.3) is 10.9 Å². The van der Waals surface area contributed by atoms with Crippen molar-refractivity contribution < 1.29 is 0 Å². The van der Waals surface area contributed by atoms with Gasteiger partial charge in [-0.2, -0.15) is 0 Å². The summed E-state index contributed by atoms with van der Waals surface area (Å²) in [6, 6.07) is 14.1. The maximum absolute atomic E-state index is 5.59. The predicted octanol–water partition coefficient (Wildman–Crippen LogP) is 2.80. The number of nitrogen functional groups attached to an aromatic ring is 1. The highest BCUT2D eigenvalue weighted by molar-refractivity contribution is 5.82. The minimum Gasteiger partial charge on any atom is -0.384 e. The van der Waals surface area contributed by atoms with Gasteiger partial charge in [0.05, 0.1) is 5.52 Å². The molecule has 3 heteroatoms. The fourth-order valence-corrected chi connectivity index (χ4v) is 2.07. The normalized spacial score (nSPS) is 10.7. The first kappa shape index (κ1) is 10.7. The number of fused-ring (bicyclic) bond motifs is 1. The van der Waals surface area contributed by atoms with Crippen LogP contribution in [-0.2, 0) is 6.42 Å². The van der Waals surface area contributed by atoms with Gasteiger partial charge in [0.15, 0.2) is 0 Å². The maximum Gasteiger partial charge on any atom is 0.123 e. The highest BCUT2D eigenvalue weighted by atomic mass is 14.8. The number of aromatic nitrogens is 2. The summed E-state index contributed by atoms with van der Waals surface area (Å²) < 4.78 is 0. The van der Waals surface area contributed by atoms with Gasteiger partial charge in [-0.3, -0.25) is 4.98 Å². The second kappa shape index (κ2) is 4.45. The summed E-state index contributed by atoms with van der Waals surface area (Å²) in [6.45, 7) is 0. The zero-order valence-corrected chi connectivity index (χ0v) is 9.88. The lowest BCUT2D eigenvalue weighted by Crippen LogP contribution is -1.94. The molecule has 3 nitrogen and oxygen atoms in total. The Hall–Kier alpha value is -2.42. The van der Waals surface area contributed by atoms with Crippen molar-refractivity contribution in [3.8, 4) is 0 Å². The van der Waals surface area contributed by atoms with Crippen LogP contribution in [0.4, 0.5) is 5.82 Å². The minimum atomic E-state index is 0.554. The molecule has 0 aliphatic rings. The Morgan fingerprint density at radius 3 is 2.67 bits per heavy atom. The van der Waals surface area contributed by atoms with E-state index in [1.54, 1.807) is 0 Å². The predicted molar refractivity (Wildman–Crippen MR) is 73.2 cm³/mol. The summed E-state index contributed by atoms with van der Waals surface area (Å²) in [6.07, 6.45) is 4.52. The van der Waals surface area contributed by atoms with Crippen LogP contribution in [0.3, 0.4) is 0 Å². The lowest BCUT2D eigenvalue weighted by molar-refractivity contribution is 1.15. The Balaban J connectivity index is 2.02. The molecule has 0 atom stereocenters. The molecular weight excluding hydrogens is 222 g/mol. The van der Waals surface area contributed by atoms with E-state index in [-0.39, 0.29) is 0 Å². The Bertz CT molecular complexity index is 669. The van der Waals surface area contributed by atoms with Gasteiger partial charge in [0, 0.05) is 17.8 Å². The van der Waals surface area contributed by atoms with E-state index in [4.69, 9.17) is 5.73 Å². The summed E-state index contributed by atoms with van der Waals surface area (Å²) in [5.74, 6) is 0.554. The molecule has 0 unspecified atom stereocenters. The second-order valence-corrected chi connectivity index (χ2v) is 4.26. The van der Waals surface area contributed by atoms with Crippen molar-refractivity contribution in [3.63, 3.8) is 0 Å². The van der Waals surface area contributed by atoms with Crippen molar-refractivity contribution in [1.29, 1.82) is 0 Å². The van der Waals surface area contributed by atoms with Crippen LogP contribution < -0.4 is 5.73 Å². The van der Waals surface area contributed by atoms with E-state index in [1.807, 2.05) is 42.7 Å². The molecule has 0 bridgehead atoms. The molecule has 88 valence electrons. The summed E-state index contributed by atoms with van der Waals surface area (Å²) in [7, 11) is 0. The highest BCUT2D eigenvalue weighted by Crippen LogP contribution is 2.19. The van der Waals surface area contributed by atoms with Gasteiger partial charge in [-0.1, -0.05) is 24.3 Å². The fourth-order valence-electron chi connectivity index (χ4n) is 2.07. The van der Waals surface area contributed by atoms with Crippen molar-refractivity contribution >= 4 is 16.7 Å². The van der Waals surface area contributed by atoms with Crippen LogP contribution in [0, 0.1) is 0 Å². The van der Waals surface area contributed by atoms with E-state index in [0.29, 0.717) is 5.82 Å². The van der Waals surface area contributed by atoms with Crippen LogP contribution in [0.1, 0.15) is 11.1 Å². The molecule has 0 saturated heterocycles. The number of para-hydroxylation sites is 1. The van der Waals surface area contributed by atoms with E-state index < -0.39 is 0 Å². The number of benzene rings is 1.